The Labute approximate surface area is 264 Å². The largest absolute Gasteiger partial charge is 0.493 e. The summed E-state index contributed by atoms with van der Waals surface area (Å²) in [6, 6.07) is 15.1. The number of rotatable bonds is 11. The number of ether oxygens (including phenoxy) is 2. The average Bonchev–Trinajstić information content (AvgIpc) is 3.45. The maximum absolute atomic E-state index is 13.1. The predicted octanol–water partition coefficient (Wildman–Crippen LogP) is 5.47. The van der Waals surface area contributed by atoms with Crippen molar-refractivity contribution in [1.82, 2.24) is 30.1 Å². The fourth-order valence-corrected chi connectivity index (χ4v) is 6.00. The van der Waals surface area contributed by atoms with Gasteiger partial charge in [0.25, 0.3) is 0 Å². The number of hydrogen-bond acceptors (Lipinski definition) is 10. The highest BCUT2D eigenvalue weighted by Crippen LogP contribution is 2.36. The van der Waals surface area contributed by atoms with E-state index < -0.39 is 6.03 Å². The highest BCUT2D eigenvalue weighted by molar-refractivity contribution is 7.22. The van der Waals surface area contributed by atoms with Gasteiger partial charge in [-0.2, -0.15) is 0 Å². The number of hydrogen-bond donors (Lipinski definition) is 3. The molecule has 5 aromatic rings. The van der Waals surface area contributed by atoms with Gasteiger partial charge in [0.2, 0.25) is 0 Å². The molecule has 0 atom stereocenters. The summed E-state index contributed by atoms with van der Waals surface area (Å²) >= 11 is 1.36. The lowest BCUT2D eigenvalue weighted by Gasteiger charge is -2.32. The molecule has 0 spiro atoms. The van der Waals surface area contributed by atoms with Crippen LogP contribution in [0.25, 0.3) is 21.1 Å². The van der Waals surface area contributed by atoms with Crippen LogP contribution in [0, 0.1) is 5.82 Å². The molecule has 6 rings (SSSR count). The maximum Gasteiger partial charge on any atom is 0.321 e. The zero-order chi connectivity index (χ0) is 31.2. The van der Waals surface area contributed by atoms with Gasteiger partial charge < -0.3 is 29.9 Å². The minimum atomic E-state index is -0.392. The minimum Gasteiger partial charge on any atom is -0.493 e. The Morgan fingerprint density at radius 1 is 1.00 bits per heavy atom. The zero-order valence-corrected chi connectivity index (χ0v) is 26.0. The summed E-state index contributed by atoms with van der Waals surface area (Å²) in [7, 11) is 3.79. The normalized spacial score (nSPS) is 14.0. The lowest BCUT2D eigenvalue weighted by Crippen LogP contribution is -2.44. The SMILES string of the molecule is COc1cc2c(Nc3ccc4nc(NC(=O)NCc5ccc(F)cc5)sc4c3)ncnc2cc1OCCCN1CCN(C)CC1. The number of halogens is 1. The molecule has 13 heteroatoms. The Bertz CT molecular complexity index is 1780. The Morgan fingerprint density at radius 3 is 2.62 bits per heavy atom. The van der Waals surface area contributed by atoms with Gasteiger partial charge in [0.15, 0.2) is 16.6 Å². The van der Waals surface area contributed by atoms with Gasteiger partial charge in [-0.25, -0.2) is 24.1 Å². The van der Waals surface area contributed by atoms with E-state index in [-0.39, 0.29) is 12.4 Å². The van der Waals surface area contributed by atoms with Crippen LogP contribution in [0.3, 0.4) is 0 Å². The topological polar surface area (TPSA) is 117 Å². The van der Waals surface area contributed by atoms with Gasteiger partial charge in [0, 0.05) is 56.4 Å². The molecule has 0 bridgehead atoms. The lowest BCUT2D eigenvalue weighted by atomic mass is 10.2. The number of carbonyl (C=O) groups is 1. The van der Waals surface area contributed by atoms with E-state index in [9.17, 15) is 9.18 Å². The van der Waals surface area contributed by atoms with Crippen LogP contribution in [0.1, 0.15) is 12.0 Å². The minimum absolute atomic E-state index is 0.271. The first kappa shape index (κ1) is 30.4. The van der Waals surface area contributed by atoms with E-state index in [0.717, 1.165) is 71.5 Å². The van der Waals surface area contributed by atoms with Crippen LogP contribution in [0.5, 0.6) is 11.5 Å². The van der Waals surface area contributed by atoms with Gasteiger partial charge >= 0.3 is 6.03 Å². The van der Waals surface area contributed by atoms with Gasteiger partial charge in [0.1, 0.15) is 18.0 Å². The number of piperazine rings is 1. The molecular weight excluding hydrogens is 595 g/mol. The van der Waals surface area contributed by atoms with Crippen molar-refractivity contribution in [3.05, 3.63) is 72.3 Å². The van der Waals surface area contributed by atoms with Crippen molar-refractivity contribution in [2.75, 3.05) is 64.1 Å². The van der Waals surface area contributed by atoms with Crippen LogP contribution >= 0.6 is 11.3 Å². The predicted molar refractivity (Wildman–Crippen MR) is 175 cm³/mol. The van der Waals surface area contributed by atoms with E-state index >= 15 is 0 Å². The number of thiazole rings is 1. The Kier molecular flexibility index (Phi) is 9.48. The Hall–Kier alpha value is -4.59. The van der Waals surface area contributed by atoms with E-state index in [4.69, 9.17) is 9.47 Å². The summed E-state index contributed by atoms with van der Waals surface area (Å²) < 4.78 is 25.8. The molecule has 11 nitrogen and oxygen atoms in total. The summed E-state index contributed by atoms with van der Waals surface area (Å²) in [4.78, 5) is 30.7. The van der Waals surface area contributed by atoms with Crippen LogP contribution in [-0.2, 0) is 6.54 Å². The second kappa shape index (κ2) is 14.0. The smallest absolute Gasteiger partial charge is 0.321 e. The highest BCUT2D eigenvalue weighted by Gasteiger charge is 2.15. The molecule has 2 amide bonds. The summed E-state index contributed by atoms with van der Waals surface area (Å²) in [6.07, 6.45) is 2.45. The van der Waals surface area contributed by atoms with E-state index in [1.165, 1.54) is 29.8 Å². The Morgan fingerprint density at radius 2 is 1.82 bits per heavy atom. The molecule has 1 fully saturated rings. The summed E-state index contributed by atoms with van der Waals surface area (Å²) in [5, 5.41) is 10.2. The van der Waals surface area contributed by atoms with Crippen molar-refractivity contribution in [2.24, 2.45) is 0 Å². The van der Waals surface area contributed by atoms with Crippen LogP contribution in [0.4, 0.5) is 25.8 Å². The molecule has 1 aliphatic heterocycles. The number of nitrogens with zero attached hydrogens (tertiary/aromatic N) is 5. The summed E-state index contributed by atoms with van der Waals surface area (Å²) in [5.74, 6) is 1.58. The van der Waals surface area contributed by atoms with Crippen molar-refractivity contribution in [3.8, 4) is 11.5 Å². The molecule has 3 aromatic carbocycles. The van der Waals surface area contributed by atoms with Crippen molar-refractivity contribution >= 4 is 55.1 Å². The standard InChI is InChI=1S/C32H35FN8O3S/c1-40-11-13-41(14-12-40)10-3-15-44-28-18-26-24(17-27(28)43-2)30(36-20-35-26)37-23-8-9-25-29(16-23)45-32(38-25)39-31(42)34-19-21-4-6-22(33)7-5-21/h4-9,16-18,20H,3,10-15,19H2,1-2H3,(H,35,36,37)(H2,34,38,39,42). The quantitative estimate of drug-likeness (QED) is 0.163. The molecule has 0 unspecified atom stereocenters. The number of anilines is 3. The van der Waals surface area contributed by atoms with E-state index in [0.29, 0.717) is 29.1 Å². The number of nitrogens with one attached hydrogen (secondary N) is 3. The second-order valence-electron chi connectivity index (χ2n) is 10.9. The van der Waals surface area contributed by atoms with Crippen LogP contribution in [-0.4, -0.2) is 84.3 Å². The van der Waals surface area contributed by atoms with Crippen LogP contribution < -0.4 is 25.4 Å². The Balaban J connectivity index is 1.09. The van der Waals surface area contributed by atoms with Crippen molar-refractivity contribution in [2.45, 2.75) is 13.0 Å². The highest BCUT2D eigenvalue weighted by atomic mass is 32.1. The fraction of sp³-hybridized carbons (Fsp3) is 0.312. The molecule has 1 aliphatic rings. The number of likely N-dealkylation sites (N-methyl/N-ethyl adjacent to an activating group) is 1. The third-order valence-corrected chi connectivity index (χ3v) is 8.56. The summed E-state index contributed by atoms with van der Waals surface area (Å²) in [6.45, 7) is 6.25. The number of methoxy groups -OCH3 is 1. The van der Waals surface area contributed by atoms with Crippen LogP contribution in [0.15, 0.2) is 60.9 Å². The third kappa shape index (κ3) is 7.74. The van der Waals surface area contributed by atoms with Gasteiger partial charge in [-0.1, -0.05) is 23.5 Å². The number of fused-ring (bicyclic) bond motifs is 2. The number of aromatic nitrogens is 3. The molecule has 0 aliphatic carbocycles. The van der Waals surface area contributed by atoms with Crippen molar-refractivity contribution in [1.29, 1.82) is 0 Å². The first-order valence-corrected chi connectivity index (χ1v) is 15.6. The van der Waals surface area contributed by atoms with Crippen molar-refractivity contribution in [3.63, 3.8) is 0 Å². The van der Waals surface area contributed by atoms with Crippen LogP contribution in [0.2, 0.25) is 0 Å². The number of carbonyl (C=O) groups excluding carboxylic acids is 1. The molecule has 3 N–H and O–H groups in total. The van der Waals surface area contributed by atoms with Crippen molar-refractivity contribution < 1.29 is 18.7 Å². The number of benzene rings is 3. The molecule has 45 heavy (non-hydrogen) atoms. The fourth-order valence-electron chi connectivity index (χ4n) is 5.10. The lowest BCUT2D eigenvalue weighted by molar-refractivity contribution is 0.145. The van der Waals surface area contributed by atoms with Gasteiger partial charge in [-0.3, -0.25) is 5.32 Å². The number of amides is 2. The second-order valence-corrected chi connectivity index (χ2v) is 11.9. The average molecular weight is 631 g/mol. The zero-order valence-electron chi connectivity index (χ0n) is 25.2. The first-order chi connectivity index (χ1) is 21.9. The van der Waals surface area contributed by atoms with E-state index in [1.807, 2.05) is 30.3 Å². The first-order valence-electron chi connectivity index (χ1n) is 14.8. The van der Waals surface area contributed by atoms with Gasteiger partial charge in [-0.15, -0.1) is 0 Å². The van der Waals surface area contributed by atoms with Gasteiger partial charge in [0.05, 0.1) is 29.5 Å². The number of urea groups is 1. The van der Waals surface area contributed by atoms with Gasteiger partial charge in [-0.05, 0) is 55.4 Å². The maximum atomic E-state index is 13.1. The molecule has 0 radical (unpaired) electrons. The monoisotopic (exact) mass is 630 g/mol. The molecule has 0 saturated carbocycles. The molecular formula is C32H35FN8O3S. The molecule has 234 valence electrons. The van der Waals surface area contributed by atoms with E-state index in [2.05, 4.69) is 47.7 Å². The van der Waals surface area contributed by atoms with E-state index in [1.54, 1.807) is 19.2 Å². The molecule has 3 heterocycles. The summed E-state index contributed by atoms with van der Waals surface area (Å²) in [5.41, 5.74) is 3.09. The third-order valence-electron chi connectivity index (χ3n) is 7.63. The molecule has 1 saturated heterocycles. The molecule has 2 aromatic heterocycles.